The first kappa shape index (κ1) is 15.0. The summed E-state index contributed by atoms with van der Waals surface area (Å²) in [5.41, 5.74) is 1.73. The molecule has 2 heterocycles. The lowest BCUT2D eigenvalue weighted by Crippen LogP contribution is -2.42. The fourth-order valence-corrected chi connectivity index (χ4v) is 2.91. The van der Waals surface area contributed by atoms with Gasteiger partial charge < -0.3 is 4.40 Å². The first-order chi connectivity index (χ1) is 9.40. The maximum absolute atomic E-state index is 11.9. The Bertz CT molecular complexity index is 645. The van der Waals surface area contributed by atoms with Crippen LogP contribution in [0.1, 0.15) is 19.5 Å². The van der Waals surface area contributed by atoms with Crippen LogP contribution in [0.5, 0.6) is 0 Å². The molecule has 1 N–H and O–H groups in total. The maximum atomic E-state index is 11.9. The van der Waals surface area contributed by atoms with E-state index in [4.69, 9.17) is 0 Å². The normalized spacial score (nSPS) is 12.7. The Labute approximate surface area is 119 Å². The van der Waals surface area contributed by atoms with Crippen LogP contribution < -0.4 is 4.72 Å². The molecule has 2 aromatic rings. The number of hydrogen-bond acceptors (Lipinski definition) is 3. The van der Waals surface area contributed by atoms with Crippen molar-refractivity contribution in [2.75, 3.05) is 13.6 Å². The second-order valence-electron chi connectivity index (χ2n) is 4.96. The summed E-state index contributed by atoms with van der Waals surface area (Å²) in [5.74, 6) is 0. The fourth-order valence-electron chi connectivity index (χ4n) is 1.80. The molecule has 6 nitrogen and oxygen atoms in total. The lowest BCUT2D eigenvalue weighted by molar-refractivity contribution is 0.402. The number of nitrogens with one attached hydrogen (secondary N) is 1. The molecule has 2 rings (SSSR count). The number of fused-ring (bicyclic) bond motifs is 1. The standard InChI is InChI=1S/C13H20N4O2S/c1-11(2)16(3)20(18,19)14-8-7-12-10-17-9-5-4-6-13(17)15-12/h4-6,9-11,14H,7-8H2,1-3H3. The Morgan fingerprint density at radius 2 is 2.15 bits per heavy atom. The zero-order valence-electron chi connectivity index (χ0n) is 11.9. The molecule has 0 saturated carbocycles. The lowest BCUT2D eigenvalue weighted by atomic mass is 10.3. The van der Waals surface area contributed by atoms with Crippen molar-refractivity contribution in [2.45, 2.75) is 26.3 Å². The average molecular weight is 296 g/mol. The van der Waals surface area contributed by atoms with E-state index in [2.05, 4.69) is 9.71 Å². The molecule has 0 aliphatic carbocycles. The highest BCUT2D eigenvalue weighted by Gasteiger charge is 2.19. The number of hydrogen-bond donors (Lipinski definition) is 1. The molecule has 0 amide bonds. The van der Waals surface area contributed by atoms with Gasteiger partial charge in [-0.1, -0.05) is 6.07 Å². The molecule has 2 aromatic heterocycles. The van der Waals surface area contributed by atoms with Gasteiger partial charge in [0.05, 0.1) is 5.69 Å². The van der Waals surface area contributed by atoms with E-state index in [9.17, 15) is 8.42 Å². The Morgan fingerprint density at radius 1 is 1.40 bits per heavy atom. The molecule has 0 atom stereocenters. The van der Waals surface area contributed by atoms with Crippen LogP contribution in [0.3, 0.4) is 0 Å². The second kappa shape index (κ2) is 5.90. The van der Waals surface area contributed by atoms with Crippen molar-refractivity contribution < 1.29 is 8.42 Å². The van der Waals surface area contributed by atoms with E-state index in [0.717, 1.165) is 11.3 Å². The van der Waals surface area contributed by atoms with Gasteiger partial charge >= 0.3 is 0 Å². The summed E-state index contributed by atoms with van der Waals surface area (Å²) in [7, 11) is -1.84. The zero-order valence-corrected chi connectivity index (χ0v) is 12.8. The number of nitrogens with zero attached hydrogens (tertiary/aromatic N) is 3. The third-order valence-corrected chi connectivity index (χ3v) is 4.93. The summed E-state index contributed by atoms with van der Waals surface area (Å²) in [6, 6.07) is 5.70. The van der Waals surface area contributed by atoms with Crippen molar-refractivity contribution in [3.63, 3.8) is 0 Å². The smallest absolute Gasteiger partial charge is 0.279 e. The van der Waals surface area contributed by atoms with Crippen LogP contribution in [0.15, 0.2) is 30.6 Å². The predicted molar refractivity (Wildman–Crippen MR) is 78.7 cm³/mol. The summed E-state index contributed by atoms with van der Waals surface area (Å²) in [4.78, 5) is 4.43. The molecule has 110 valence electrons. The van der Waals surface area contributed by atoms with Crippen LogP contribution in [-0.2, 0) is 16.6 Å². The third kappa shape index (κ3) is 3.36. The minimum absolute atomic E-state index is 0.0670. The quantitative estimate of drug-likeness (QED) is 0.866. The van der Waals surface area contributed by atoms with E-state index >= 15 is 0 Å². The van der Waals surface area contributed by atoms with E-state index in [0.29, 0.717) is 13.0 Å². The molecular formula is C13H20N4O2S. The Kier molecular flexibility index (Phi) is 4.42. The first-order valence-electron chi connectivity index (χ1n) is 6.55. The Balaban J connectivity index is 1.96. The molecule has 0 aliphatic heterocycles. The molecule has 0 aliphatic rings. The molecule has 0 aromatic carbocycles. The van der Waals surface area contributed by atoms with Crippen LogP contribution in [0, 0.1) is 0 Å². The molecule has 0 unspecified atom stereocenters. The summed E-state index contributed by atoms with van der Waals surface area (Å²) < 4.78 is 29.7. The van der Waals surface area contributed by atoms with Crippen LogP contribution in [-0.4, -0.2) is 41.7 Å². The largest absolute Gasteiger partial charge is 0.307 e. The molecule has 0 spiro atoms. The van der Waals surface area contributed by atoms with Crippen LogP contribution in [0.4, 0.5) is 0 Å². The van der Waals surface area contributed by atoms with Crippen molar-refractivity contribution in [3.8, 4) is 0 Å². The van der Waals surface area contributed by atoms with Gasteiger partial charge in [0, 0.05) is 38.4 Å². The van der Waals surface area contributed by atoms with Gasteiger partial charge in [0.15, 0.2) is 0 Å². The highest BCUT2D eigenvalue weighted by Crippen LogP contribution is 2.05. The van der Waals surface area contributed by atoms with Gasteiger partial charge in [-0.3, -0.25) is 0 Å². The summed E-state index contributed by atoms with van der Waals surface area (Å²) in [6.45, 7) is 4.01. The van der Waals surface area contributed by atoms with Crippen molar-refractivity contribution in [1.29, 1.82) is 0 Å². The van der Waals surface area contributed by atoms with Gasteiger partial charge in [-0.15, -0.1) is 0 Å². The minimum Gasteiger partial charge on any atom is -0.307 e. The predicted octanol–water partition coefficient (Wildman–Crippen LogP) is 1.05. The van der Waals surface area contributed by atoms with E-state index in [1.807, 2.05) is 48.8 Å². The molecule has 7 heteroatoms. The monoisotopic (exact) mass is 296 g/mol. The van der Waals surface area contributed by atoms with Crippen LogP contribution >= 0.6 is 0 Å². The molecular weight excluding hydrogens is 276 g/mol. The number of imidazole rings is 1. The highest BCUT2D eigenvalue weighted by atomic mass is 32.2. The average Bonchev–Trinajstić information content (AvgIpc) is 2.79. The van der Waals surface area contributed by atoms with Gasteiger partial charge in [-0.2, -0.15) is 12.7 Å². The maximum Gasteiger partial charge on any atom is 0.279 e. The molecule has 0 saturated heterocycles. The van der Waals surface area contributed by atoms with Gasteiger partial charge in [0.25, 0.3) is 10.2 Å². The van der Waals surface area contributed by atoms with Gasteiger partial charge in [-0.05, 0) is 26.0 Å². The van der Waals surface area contributed by atoms with Crippen molar-refractivity contribution in [2.24, 2.45) is 0 Å². The molecule has 0 radical (unpaired) electrons. The summed E-state index contributed by atoms with van der Waals surface area (Å²) in [6.07, 6.45) is 4.39. The third-order valence-electron chi connectivity index (χ3n) is 3.19. The van der Waals surface area contributed by atoms with E-state index < -0.39 is 10.2 Å². The van der Waals surface area contributed by atoms with E-state index in [1.54, 1.807) is 7.05 Å². The first-order valence-corrected chi connectivity index (χ1v) is 7.99. The number of rotatable bonds is 6. The fraction of sp³-hybridized carbons (Fsp3) is 0.462. The number of aromatic nitrogens is 2. The topological polar surface area (TPSA) is 66.7 Å². The van der Waals surface area contributed by atoms with Gasteiger partial charge in [-0.25, -0.2) is 9.71 Å². The second-order valence-corrected chi connectivity index (χ2v) is 6.77. The Morgan fingerprint density at radius 3 is 2.80 bits per heavy atom. The highest BCUT2D eigenvalue weighted by molar-refractivity contribution is 7.87. The van der Waals surface area contributed by atoms with E-state index in [-0.39, 0.29) is 6.04 Å². The molecule has 0 fully saturated rings. The zero-order chi connectivity index (χ0) is 14.8. The van der Waals surface area contributed by atoms with Crippen molar-refractivity contribution in [1.82, 2.24) is 18.4 Å². The number of pyridine rings is 1. The molecule has 20 heavy (non-hydrogen) atoms. The molecule has 0 bridgehead atoms. The van der Waals surface area contributed by atoms with Crippen LogP contribution in [0.25, 0.3) is 5.65 Å². The van der Waals surface area contributed by atoms with Crippen LogP contribution in [0.2, 0.25) is 0 Å². The lowest BCUT2D eigenvalue weighted by Gasteiger charge is -2.20. The van der Waals surface area contributed by atoms with Gasteiger partial charge in [0.1, 0.15) is 5.65 Å². The van der Waals surface area contributed by atoms with E-state index in [1.165, 1.54) is 4.31 Å². The van der Waals surface area contributed by atoms with Gasteiger partial charge in [0.2, 0.25) is 0 Å². The van der Waals surface area contributed by atoms with Crippen molar-refractivity contribution >= 4 is 15.9 Å². The summed E-state index contributed by atoms with van der Waals surface area (Å²) >= 11 is 0. The van der Waals surface area contributed by atoms with Crippen molar-refractivity contribution in [3.05, 3.63) is 36.3 Å². The SMILES string of the molecule is CC(C)N(C)S(=O)(=O)NCCc1cn2ccccc2n1. The summed E-state index contributed by atoms with van der Waals surface area (Å²) in [5, 5.41) is 0. The Hall–Kier alpha value is -1.44. The minimum atomic E-state index is -3.41.